The van der Waals surface area contributed by atoms with Gasteiger partial charge in [0.25, 0.3) is 0 Å². The fraction of sp³-hybridized carbons (Fsp3) is 0.278. The molecule has 0 radical (unpaired) electrons. The molecular weight excluding hydrogens is 331 g/mol. The Kier molecular flexibility index (Phi) is 5.02. The maximum Gasteiger partial charge on any atom is 0.321 e. The summed E-state index contributed by atoms with van der Waals surface area (Å²) in [5.74, 6) is -0.251. The molecule has 0 saturated carbocycles. The summed E-state index contributed by atoms with van der Waals surface area (Å²) in [7, 11) is 0. The zero-order chi connectivity index (χ0) is 17.1. The second-order valence-electron chi connectivity index (χ2n) is 5.91. The molecule has 0 aliphatic carbocycles. The Morgan fingerprint density at radius 2 is 2.04 bits per heavy atom. The average molecular weight is 349 g/mol. The third kappa shape index (κ3) is 3.68. The molecule has 6 heteroatoms. The predicted molar refractivity (Wildman–Crippen MR) is 92.6 cm³/mol. The number of aliphatic hydroxyl groups is 1. The van der Waals surface area contributed by atoms with Gasteiger partial charge in [0.05, 0.1) is 5.69 Å². The minimum Gasteiger partial charge on any atom is -0.396 e. The zero-order valence-corrected chi connectivity index (χ0v) is 13.8. The molecule has 0 spiro atoms. The first-order chi connectivity index (χ1) is 11.6. The summed E-state index contributed by atoms with van der Waals surface area (Å²) in [5.41, 5.74) is 1.90. The summed E-state index contributed by atoms with van der Waals surface area (Å²) in [6.07, 6.45) is 0.789. The lowest BCUT2D eigenvalue weighted by atomic mass is 10.0. The van der Waals surface area contributed by atoms with Crippen molar-refractivity contribution in [3.63, 3.8) is 0 Å². The molecule has 2 amide bonds. The maximum absolute atomic E-state index is 13.7. The van der Waals surface area contributed by atoms with Crippen LogP contribution in [0.15, 0.2) is 42.5 Å². The quantitative estimate of drug-likeness (QED) is 0.881. The number of hydrogen-bond donors (Lipinski definition) is 2. The van der Waals surface area contributed by atoms with E-state index in [0.717, 1.165) is 12.0 Å². The van der Waals surface area contributed by atoms with Crippen molar-refractivity contribution in [3.8, 4) is 11.1 Å². The SMILES string of the molecule is O=C(Nc1ccc(F)cc1-c1ccc(Cl)cc1)N1CCC(CO)C1. The molecule has 1 saturated heterocycles. The van der Waals surface area contributed by atoms with Crippen molar-refractivity contribution in [1.82, 2.24) is 4.90 Å². The Morgan fingerprint density at radius 1 is 1.29 bits per heavy atom. The molecular formula is C18H18ClFN2O2. The van der Waals surface area contributed by atoms with Gasteiger partial charge in [-0.15, -0.1) is 0 Å². The molecule has 0 aromatic heterocycles. The summed E-state index contributed by atoms with van der Waals surface area (Å²) in [5, 5.41) is 12.6. The maximum atomic E-state index is 13.7. The molecule has 2 N–H and O–H groups in total. The molecule has 1 unspecified atom stereocenters. The highest BCUT2D eigenvalue weighted by molar-refractivity contribution is 6.30. The topological polar surface area (TPSA) is 52.6 Å². The lowest BCUT2D eigenvalue weighted by Gasteiger charge is -2.19. The highest BCUT2D eigenvalue weighted by Gasteiger charge is 2.26. The van der Waals surface area contributed by atoms with Gasteiger partial charge in [0.2, 0.25) is 0 Å². The van der Waals surface area contributed by atoms with E-state index in [1.165, 1.54) is 12.1 Å². The largest absolute Gasteiger partial charge is 0.396 e. The van der Waals surface area contributed by atoms with Crippen molar-refractivity contribution < 1.29 is 14.3 Å². The first kappa shape index (κ1) is 16.7. The normalized spacial score (nSPS) is 17.1. The smallest absolute Gasteiger partial charge is 0.321 e. The van der Waals surface area contributed by atoms with Crippen molar-refractivity contribution >= 4 is 23.3 Å². The minimum absolute atomic E-state index is 0.0797. The van der Waals surface area contributed by atoms with Crippen LogP contribution >= 0.6 is 11.6 Å². The molecule has 2 aromatic carbocycles. The van der Waals surface area contributed by atoms with Gasteiger partial charge in [-0.25, -0.2) is 9.18 Å². The van der Waals surface area contributed by atoms with Crippen LogP contribution in [0.25, 0.3) is 11.1 Å². The molecule has 2 aromatic rings. The van der Waals surface area contributed by atoms with Crippen LogP contribution in [0, 0.1) is 11.7 Å². The van der Waals surface area contributed by atoms with E-state index in [1.54, 1.807) is 35.2 Å². The van der Waals surface area contributed by atoms with Gasteiger partial charge in [0.15, 0.2) is 0 Å². The number of hydrogen-bond acceptors (Lipinski definition) is 2. The number of benzene rings is 2. The molecule has 4 nitrogen and oxygen atoms in total. The molecule has 1 aliphatic rings. The minimum atomic E-state index is -0.375. The van der Waals surface area contributed by atoms with E-state index in [1.807, 2.05) is 0 Å². The van der Waals surface area contributed by atoms with E-state index >= 15 is 0 Å². The predicted octanol–water partition coefficient (Wildman–Crippen LogP) is 3.99. The number of anilines is 1. The number of likely N-dealkylation sites (tertiary alicyclic amines) is 1. The van der Waals surface area contributed by atoms with Gasteiger partial charge in [-0.1, -0.05) is 23.7 Å². The van der Waals surface area contributed by atoms with E-state index < -0.39 is 0 Å². The first-order valence-electron chi connectivity index (χ1n) is 7.79. The van der Waals surface area contributed by atoms with Crippen molar-refractivity contribution in [2.45, 2.75) is 6.42 Å². The number of aliphatic hydroxyl groups excluding tert-OH is 1. The van der Waals surface area contributed by atoms with Crippen molar-refractivity contribution in [2.24, 2.45) is 5.92 Å². The Labute approximate surface area is 144 Å². The summed E-state index contributed by atoms with van der Waals surface area (Å²) in [6, 6.07) is 11.0. The first-order valence-corrected chi connectivity index (χ1v) is 8.17. The third-order valence-electron chi connectivity index (χ3n) is 4.21. The van der Waals surface area contributed by atoms with Gasteiger partial charge < -0.3 is 15.3 Å². The van der Waals surface area contributed by atoms with Gasteiger partial charge in [-0.3, -0.25) is 0 Å². The average Bonchev–Trinajstić information content (AvgIpc) is 3.06. The van der Waals surface area contributed by atoms with Crippen LogP contribution in [-0.4, -0.2) is 35.7 Å². The van der Waals surface area contributed by atoms with E-state index in [9.17, 15) is 14.3 Å². The lowest BCUT2D eigenvalue weighted by Crippen LogP contribution is -2.33. The molecule has 126 valence electrons. The number of rotatable bonds is 3. The van der Waals surface area contributed by atoms with Crippen LogP contribution in [0.1, 0.15) is 6.42 Å². The fourth-order valence-corrected chi connectivity index (χ4v) is 2.98. The Hall–Kier alpha value is -2.11. The van der Waals surface area contributed by atoms with Gasteiger partial charge in [0, 0.05) is 36.2 Å². The van der Waals surface area contributed by atoms with E-state index in [4.69, 9.17) is 11.6 Å². The van der Waals surface area contributed by atoms with E-state index in [2.05, 4.69) is 5.32 Å². The second-order valence-corrected chi connectivity index (χ2v) is 6.35. The molecule has 3 rings (SSSR count). The molecule has 1 aliphatic heterocycles. The van der Waals surface area contributed by atoms with Crippen LogP contribution in [0.4, 0.5) is 14.9 Å². The van der Waals surface area contributed by atoms with Crippen molar-refractivity contribution in [2.75, 3.05) is 25.0 Å². The molecule has 24 heavy (non-hydrogen) atoms. The monoisotopic (exact) mass is 348 g/mol. The fourth-order valence-electron chi connectivity index (χ4n) is 2.85. The second kappa shape index (κ2) is 7.20. The lowest BCUT2D eigenvalue weighted by molar-refractivity contribution is 0.209. The van der Waals surface area contributed by atoms with Gasteiger partial charge in [-0.2, -0.15) is 0 Å². The number of carbonyl (C=O) groups is 1. The van der Waals surface area contributed by atoms with Crippen LogP contribution < -0.4 is 5.32 Å². The van der Waals surface area contributed by atoms with Gasteiger partial charge in [-0.05, 0) is 42.3 Å². The Balaban J connectivity index is 1.83. The standard InChI is InChI=1S/C18H18ClFN2O2/c19-14-3-1-13(2-4-14)16-9-15(20)5-6-17(16)21-18(24)22-8-7-12(10-22)11-23/h1-6,9,12,23H,7-8,10-11H2,(H,21,24). The van der Waals surface area contributed by atoms with E-state index in [0.29, 0.717) is 29.4 Å². The number of urea groups is 1. The van der Waals surface area contributed by atoms with Crippen LogP contribution in [0.5, 0.6) is 0 Å². The highest BCUT2D eigenvalue weighted by atomic mass is 35.5. The van der Waals surface area contributed by atoms with Crippen molar-refractivity contribution in [3.05, 3.63) is 53.3 Å². The van der Waals surface area contributed by atoms with E-state index in [-0.39, 0.29) is 24.4 Å². The van der Waals surface area contributed by atoms with Crippen LogP contribution in [0.3, 0.4) is 0 Å². The van der Waals surface area contributed by atoms with Crippen molar-refractivity contribution in [1.29, 1.82) is 0 Å². The molecule has 0 bridgehead atoms. The number of amides is 2. The molecule has 1 atom stereocenters. The van der Waals surface area contributed by atoms with Gasteiger partial charge >= 0.3 is 6.03 Å². The summed E-state index contributed by atoms with van der Waals surface area (Å²) in [4.78, 5) is 14.1. The number of nitrogens with zero attached hydrogens (tertiary/aromatic N) is 1. The Morgan fingerprint density at radius 3 is 2.71 bits per heavy atom. The summed E-state index contributed by atoms with van der Waals surface area (Å²) < 4.78 is 13.7. The third-order valence-corrected chi connectivity index (χ3v) is 4.46. The summed E-state index contributed by atoms with van der Waals surface area (Å²) >= 11 is 5.90. The molecule has 1 heterocycles. The number of nitrogens with one attached hydrogen (secondary N) is 1. The zero-order valence-electron chi connectivity index (χ0n) is 13.0. The Bertz CT molecular complexity index is 736. The highest BCUT2D eigenvalue weighted by Crippen LogP contribution is 2.30. The number of carbonyl (C=O) groups excluding carboxylic acids is 1. The summed E-state index contributed by atoms with van der Waals surface area (Å²) in [6.45, 7) is 1.21. The van der Waals surface area contributed by atoms with Gasteiger partial charge in [0.1, 0.15) is 5.82 Å². The molecule has 1 fully saturated rings. The van der Waals surface area contributed by atoms with Crippen LogP contribution in [-0.2, 0) is 0 Å². The van der Waals surface area contributed by atoms with Crippen LogP contribution in [0.2, 0.25) is 5.02 Å². The number of halogens is 2.